The van der Waals surface area contributed by atoms with E-state index in [1.54, 1.807) is 17.8 Å². The Morgan fingerprint density at radius 1 is 1.31 bits per heavy atom. The van der Waals surface area contributed by atoms with Crippen molar-refractivity contribution in [3.8, 4) is 11.8 Å². The normalized spacial score (nSPS) is 13.6. The second-order valence-corrected chi connectivity index (χ2v) is 6.90. The lowest BCUT2D eigenvalue weighted by molar-refractivity contribution is 0.414. The summed E-state index contributed by atoms with van der Waals surface area (Å²) in [5.41, 5.74) is 2.19. The van der Waals surface area contributed by atoms with Crippen LogP contribution in [0.1, 0.15) is 24.0 Å². The van der Waals surface area contributed by atoms with Crippen LogP contribution in [0, 0.1) is 11.3 Å². The highest BCUT2D eigenvalue weighted by molar-refractivity contribution is 7.98. The van der Waals surface area contributed by atoms with Crippen LogP contribution in [-0.2, 0) is 6.54 Å². The van der Waals surface area contributed by atoms with Gasteiger partial charge in [-0.15, -0.1) is 0 Å². The first-order valence-electron chi connectivity index (χ1n) is 8.33. The highest BCUT2D eigenvalue weighted by atomic mass is 32.2. The number of aromatic nitrogens is 4. The molecule has 7 nitrogen and oxygen atoms in total. The number of benzene rings is 1. The standard InChI is InChI=1S/C18H18N6OS/c1-25-15-7-3-12(4-8-15)11-23(14-5-6-14)18-22-17(26-2)21-16-13(9-19)10-20-24(16)18/h3-4,7-8,10,14H,5-6,11H2,1-2H3. The number of fused-ring (bicyclic) bond motifs is 1. The Labute approximate surface area is 155 Å². The van der Waals surface area contributed by atoms with E-state index in [0.717, 1.165) is 31.1 Å². The molecule has 0 saturated heterocycles. The smallest absolute Gasteiger partial charge is 0.231 e. The lowest BCUT2D eigenvalue weighted by Crippen LogP contribution is -2.29. The van der Waals surface area contributed by atoms with E-state index in [2.05, 4.69) is 33.2 Å². The number of hydrogen-bond donors (Lipinski definition) is 0. The van der Waals surface area contributed by atoms with Gasteiger partial charge in [-0.25, -0.2) is 4.98 Å². The number of nitriles is 1. The topological polar surface area (TPSA) is 79.3 Å². The van der Waals surface area contributed by atoms with E-state index in [4.69, 9.17) is 9.72 Å². The van der Waals surface area contributed by atoms with Gasteiger partial charge in [0.1, 0.15) is 17.4 Å². The molecule has 1 aliphatic carbocycles. The molecule has 3 aromatic rings. The molecule has 0 atom stereocenters. The van der Waals surface area contributed by atoms with E-state index in [9.17, 15) is 5.26 Å². The monoisotopic (exact) mass is 366 g/mol. The SMILES string of the molecule is COc1ccc(CN(c2nc(SC)nc3c(C#N)cnn23)C2CC2)cc1. The summed E-state index contributed by atoms with van der Waals surface area (Å²) < 4.78 is 6.92. The second-order valence-electron chi connectivity index (χ2n) is 6.12. The predicted octanol–water partition coefficient (Wildman–Crippen LogP) is 2.90. The zero-order chi connectivity index (χ0) is 18.1. The molecule has 0 N–H and O–H groups in total. The maximum Gasteiger partial charge on any atom is 0.231 e. The first-order chi connectivity index (χ1) is 12.7. The van der Waals surface area contributed by atoms with Crippen LogP contribution in [0.2, 0.25) is 0 Å². The average molecular weight is 366 g/mol. The molecule has 1 saturated carbocycles. The van der Waals surface area contributed by atoms with Gasteiger partial charge in [-0.05, 0) is 36.8 Å². The fourth-order valence-electron chi connectivity index (χ4n) is 2.88. The van der Waals surface area contributed by atoms with Gasteiger partial charge < -0.3 is 9.64 Å². The first-order valence-corrected chi connectivity index (χ1v) is 9.55. The molecule has 0 aliphatic heterocycles. The Morgan fingerprint density at radius 2 is 2.08 bits per heavy atom. The number of nitrogens with zero attached hydrogens (tertiary/aromatic N) is 6. The zero-order valence-electron chi connectivity index (χ0n) is 14.6. The summed E-state index contributed by atoms with van der Waals surface area (Å²) in [6.45, 7) is 0.719. The third-order valence-electron chi connectivity index (χ3n) is 4.39. The highest BCUT2D eigenvalue weighted by Crippen LogP contribution is 2.33. The molecule has 26 heavy (non-hydrogen) atoms. The molecular weight excluding hydrogens is 348 g/mol. The molecule has 1 aliphatic rings. The summed E-state index contributed by atoms with van der Waals surface area (Å²) in [5, 5.41) is 14.3. The van der Waals surface area contributed by atoms with E-state index in [-0.39, 0.29) is 0 Å². The van der Waals surface area contributed by atoms with Gasteiger partial charge in [0.2, 0.25) is 5.95 Å². The van der Waals surface area contributed by atoms with Gasteiger partial charge in [0.15, 0.2) is 10.8 Å². The lowest BCUT2D eigenvalue weighted by atomic mass is 10.2. The summed E-state index contributed by atoms with van der Waals surface area (Å²) in [4.78, 5) is 11.4. The molecule has 0 amide bonds. The van der Waals surface area contributed by atoms with Crippen molar-refractivity contribution in [3.63, 3.8) is 0 Å². The van der Waals surface area contributed by atoms with Crippen LogP contribution in [0.5, 0.6) is 5.75 Å². The molecule has 4 rings (SSSR count). The van der Waals surface area contributed by atoms with Crippen molar-refractivity contribution in [2.24, 2.45) is 0 Å². The van der Waals surface area contributed by atoms with Crippen LogP contribution < -0.4 is 9.64 Å². The molecule has 1 fully saturated rings. The van der Waals surface area contributed by atoms with Gasteiger partial charge in [-0.3, -0.25) is 0 Å². The molecule has 132 valence electrons. The fourth-order valence-corrected chi connectivity index (χ4v) is 3.23. The molecule has 0 unspecified atom stereocenters. The van der Waals surface area contributed by atoms with E-state index in [1.807, 2.05) is 18.4 Å². The van der Waals surface area contributed by atoms with Gasteiger partial charge in [0.05, 0.1) is 13.3 Å². The largest absolute Gasteiger partial charge is 0.497 e. The number of anilines is 1. The average Bonchev–Trinajstić information content (AvgIpc) is 3.44. The van der Waals surface area contributed by atoms with Gasteiger partial charge in [-0.2, -0.15) is 19.9 Å². The Balaban J connectivity index is 1.76. The summed E-state index contributed by atoms with van der Waals surface area (Å²) in [6.07, 6.45) is 5.74. The number of methoxy groups -OCH3 is 1. The molecule has 0 bridgehead atoms. The van der Waals surface area contributed by atoms with Crippen molar-refractivity contribution < 1.29 is 4.74 Å². The molecule has 0 radical (unpaired) electrons. The Morgan fingerprint density at radius 3 is 2.69 bits per heavy atom. The van der Waals surface area contributed by atoms with E-state index in [1.165, 1.54) is 17.3 Å². The van der Waals surface area contributed by atoms with Crippen LogP contribution in [0.15, 0.2) is 35.6 Å². The van der Waals surface area contributed by atoms with Crippen molar-refractivity contribution in [2.75, 3.05) is 18.3 Å². The maximum absolute atomic E-state index is 9.33. The molecular formula is C18H18N6OS. The molecule has 2 heterocycles. The summed E-state index contributed by atoms with van der Waals surface area (Å²) in [6, 6.07) is 10.6. The third-order valence-corrected chi connectivity index (χ3v) is 4.94. The Bertz CT molecular complexity index is 974. The number of thioether (sulfide) groups is 1. The fraction of sp³-hybridized carbons (Fsp3) is 0.333. The minimum Gasteiger partial charge on any atom is -0.497 e. The van der Waals surface area contributed by atoms with Crippen LogP contribution in [0.4, 0.5) is 5.95 Å². The van der Waals surface area contributed by atoms with Gasteiger partial charge in [-0.1, -0.05) is 23.9 Å². The molecule has 0 spiro atoms. The van der Waals surface area contributed by atoms with Crippen LogP contribution >= 0.6 is 11.8 Å². The summed E-state index contributed by atoms with van der Waals surface area (Å²) in [5.74, 6) is 1.57. The highest BCUT2D eigenvalue weighted by Gasteiger charge is 2.32. The van der Waals surface area contributed by atoms with Crippen molar-refractivity contribution in [3.05, 3.63) is 41.6 Å². The van der Waals surface area contributed by atoms with Gasteiger partial charge in [0.25, 0.3) is 0 Å². The maximum atomic E-state index is 9.33. The van der Waals surface area contributed by atoms with Crippen molar-refractivity contribution >= 4 is 23.4 Å². The number of ether oxygens (including phenoxy) is 1. The Hall–Kier alpha value is -2.79. The summed E-state index contributed by atoms with van der Waals surface area (Å²) in [7, 11) is 1.66. The van der Waals surface area contributed by atoms with E-state index < -0.39 is 0 Å². The second kappa shape index (κ2) is 6.84. The van der Waals surface area contributed by atoms with Crippen molar-refractivity contribution in [2.45, 2.75) is 30.6 Å². The Kier molecular flexibility index (Phi) is 4.39. The van der Waals surface area contributed by atoms with Crippen molar-refractivity contribution in [1.82, 2.24) is 19.6 Å². The van der Waals surface area contributed by atoms with Crippen LogP contribution in [0.3, 0.4) is 0 Å². The van der Waals surface area contributed by atoms with Gasteiger partial charge in [0, 0.05) is 12.6 Å². The zero-order valence-corrected chi connectivity index (χ0v) is 15.4. The third kappa shape index (κ3) is 3.06. The number of hydrogen-bond acceptors (Lipinski definition) is 7. The van der Waals surface area contributed by atoms with E-state index in [0.29, 0.717) is 22.4 Å². The summed E-state index contributed by atoms with van der Waals surface area (Å²) >= 11 is 1.47. The molecule has 1 aromatic carbocycles. The lowest BCUT2D eigenvalue weighted by Gasteiger charge is -2.24. The van der Waals surface area contributed by atoms with E-state index >= 15 is 0 Å². The minimum absolute atomic E-state index is 0.430. The predicted molar refractivity (Wildman–Crippen MR) is 99.5 cm³/mol. The molecule has 8 heteroatoms. The first kappa shape index (κ1) is 16.7. The van der Waals surface area contributed by atoms with Crippen molar-refractivity contribution in [1.29, 1.82) is 5.26 Å². The minimum atomic E-state index is 0.430. The quantitative estimate of drug-likeness (QED) is 0.621. The van der Waals surface area contributed by atoms with Crippen LogP contribution in [0.25, 0.3) is 5.65 Å². The number of rotatable bonds is 6. The van der Waals surface area contributed by atoms with Crippen LogP contribution in [-0.4, -0.2) is 39.0 Å². The van der Waals surface area contributed by atoms with Gasteiger partial charge >= 0.3 is 0 Å². The molecule has 2 aromatic heterocycles.